The minimum absolute atomic E-state index is 0.255. The number of hydrogen-bond acceptors (Lipinski definition) is 2. The van der Waals surface area contributed by atoms with E-state index in [1.165, 1.54) is 6.92 Å². The van der Waals surface area contributed by atoms with Crippen molar-refractivity contribution in [2.75, 3.05) is 0 Å². The van der Waals surface area contributed by atoms with Gasteiger partial charge in [-0.05, 0) is 5.56 Å². The van der Waals surface area contributed by atoms with Crippen molar-refractivity contribution in [1.82, 2.24) is 4.98 Å². The zero-order valence-corrected chi connectivity index (χ0v) is 9.67. The number of aromatic amines is 1. The van der Waals surface area contributed by atoms with E-state index in [9.17, 15) is 4.79 Å². The van der Waals surface area contributed by atoms with Crippen molar-refractivity contribution < 1.29 is 14.1 Å². The number of ether oxygens (including phenoxy) is 1. The summed E-state index contributed by atoms with van der Waals surface area (Å²) in [6, 6.07) is 9.74. The first-order valence-electron chi connectivity index (χ1n) is 5.49. The lowest BCUT2D eigenvalue weighted by Crippen LogP contribution is -2.35. The number of carbonyl (C=O) groups is 1. The molecule has 0 spiro atoms. The fraction of sp³-hybridized carbons (Fsp3) is 0.231. The van der Waals surface area contributed by atoms with Crippen LogP contribution in [-0.4, -0.2) is 11.0 Å². The zero-order valence-electron chi connectivity index (χ0n) is 9.67. The lowest BCUT2D eigenvalue weighted by atomic mass is 10.1. The first kappa shape index (κ1) is 11.4. The van der Waals surface area contributed by atoms with Gasteiger partial charge in [-0.1, -0.05) is 30.3 Å². The van der Waals surface area contributed by atoms with Crippen molar-refractivity contribution in [3.05, 3.63) is 54.6 Å². The van der Waals surface area contributed by atoms with Gasteiger partial charge in [-0.25, -0.2) is 4.57 Å². The molecule has 88 valence electrons. The predicted molar refractivity (Wildman–Crippen MR) is 61.9 cm³/mol. The Hall–Kier alpha value is -2.10. The maximum Gasteiger partial charge on any atom is 0.303 e. The summed E-state index contributed by atoms with van der Waals surface area (Å²) < 4.78 is 7.28. The van der Waals surface area contributed by atoms with Gasteiger partial charge in [0.25, 0.3) is 0 Å². The van der Waals surface area contributed by atoms with Crippen LogP contribution in [0.15, 0.2) is 49.1 Å². The molecule has 4 nitrogen and oxygen atoms in total. The van der Waals surface area contributed by atoms with Crippen LogP contribution in [0.25, 0.3) is 0 Å². The normalized spacial score (nSPS) is 12.1. The first-order valence-corrected chi connectivity index (χ1v) is 5.49. The summed E-state index contributed by atoms with van der Waals surface area (Å²) in [6.45, 7) is 2.03. The van der Waals surface area contributed by atoms with Crippen LogP contribution < -0.4 is 4.57 Å². The minimum Gasteiger partial charge on any atom is -0.453 e. The summed E-state index contributed by atoms with van der Waals surface area (Å²) >= 11 is 0. The van der Waals surface area contributed by atoms with Gasteiger partial charge in [-0.3, -0.25) is 9.78 Å². The van der Waals surface area contributed by atoms with Crippen LogP contribution in [-0.2, 0) is 16.1 Å². The van der Waals surface area contributed by atoms with Gasteiger partial charge >= 0.3 is 5.97 Å². The second kappa shape index (κ2) is 5.30. The molecule has 1 N–H and O–H groups in total. The standard InChI is InChI=1S/C13H14N2O2/c1-11(16)17-13(9-15-8-7-14-10-15)12-5-3-2-4-6-12/h2-8,10,13H,9H2,1H3/p+1. The number of rotatable bonds is 4. The number of aromatic nitrogens is 2. The fourth-order valence-corrected chi connectivity index (χ4v) is 1.70. The Morgan fingerprint density at radius 1 is 1.41 bits per heavy atom. The molecule has 0 fully saturated rings. The molecular weight excluding hydrogens is 216 g/mol. The highest BCUT2D eigenvalue weighted by molar-refractivity contribution is 5.66. The molecule has 1 aromatic heterocycles. The van der Waals surface area contributed by atoms with Crippen LogP contribution in [0.1, 0.15) is 18.6 Å². The van der Waals surface area contributed by atoms with E-state index in [1.54, 1.807) is 0 Å². The molecular formula is C13H15N2O2+. The molecule has 17 heavy (non-hydrogen) atoms. The molecule has 0 aliphatic carbocycles. The summed E-state index contributed by atoms with van der Waals surface area (Å²) in [5, 5.41) is 0. The number of nitrogens with one attached hydrogen (secondary N) is 1. The van der Waals surface area contributed by atoms with Crippen LogP contribution in [0.4, 0.5) is 0 Å². The van der Waals surface area contributed by atoms with E-state index in [4.69, 9.17) is 4.74 Å². The molecule has 0 aliphatic rings. The molecule has 1 aromatic carbocycles. The Morgan fingerprint density at radius 2 is 2.18 bits per heavy atom. The van der Waals surface area contributed by atoms with E-state index >= 15 is 0 Å². The highest BCUT2D eigenvalue weighted by Gasteiger charge is 2.17. The molecule has 0 radical (unpaired) electrons. The minimum atomic E-state index is -0.269. The summed E-state index contributed by atoms with van der Waals surface area (Å²) in [4.78, 5) is 14.1. The number of benzene rings is 1. The van der Waals surface area contributed by atoms with Crippen molar-refractivity contribution in [1.29, 1.82) is 0 Å². The van der Waals surface area contributed by atoms with E-state index < -0.39 is 0 Å². The molecule has 2 aromatic rings. The second-order valence-electron chi connectivity index (χ2n) is 3.82. The van der Waals surface area contributed by atoms with Gasteiger partial charge in [0.15, 0.2) is 6.10 Å². The summed E-state index contributed by atoms with van der Waals surface area (Å²) in [6.07, 6.45) is 5.31. The quantitative estimate of drug-likeness (QED) is 0.642. The molecule has 0 aliphatic heterocycles. The number of H-pyrrole nitrogens is 1. The number of nitrogens with zero attached hydrogens (tertiary/aromatic N) is 1. The Kier molecular flexibility index (Phi) is 3.55. The monoisotopic (exact) mass is 231 g/mol. The molecule has 1 unspecified atom stereocenters. The van der Waals surface area contributed by atoms with Crippen LogP contribution in [0.2, 0.25) is 0 Å². The molecule has 1 heterocycles. The van der Waals surface area contributed by atoms with Crippen molar-refractivity contribution in [3.63, 3.8) is 0 Å². The van der Waals surface area contributed by atoms with Gasteiger partial charge in [0.1, 0.15) is 18.9 Å². The molecule has 1 atom stereocenters. The van der Waals surface area contributed by atoms with E-state index in [1.807, 2.05) is 53.6 Å². The van der Waals surface area contributed by atoms with Crippen molar-refractivity contribution in [3.8, 4) is 0 Å². The van der Waals surface area contributed by atoms with Crippen LogP contribution in [0.5, 0.6) is 0 Å². The number of esters is 1. The van der Waals surface area contributed by atoms with Crippen molar-refractivity contribution in [2.24, 2.45) is 0 Å². The first-order chi connectivity index (χ1) is 8.25. The summed E-state index contributed by atoms with van der Waals surface area (Å²) in [7, 11) is 0. The highest BCUT2D eigenvalue weighted by Crippen LogP contribution is 2.17. The topological polar surface area (TPSA) is 46.0 Å². The Morgan fingerprint density at radius 3 is 2.76 bits per heavy atom. The Bertz CT molecular complexity index is 465. The summed E-state index contributed by atoms with van der Waals surface area (Å²) in [5.41, 5.74) is 0.997. The maximum atomic E-state index is 11.1. The molecule has 4 heteroatoms. The van der Waals surface area contributed by atoms with Gasteiger partial charge in [-0.2, -0.15) is 0 Å². The van der Waals surface area contributed by atoms with Gasteiger partial charge < -0.3 is 4.74 Å². The molecule has 0 bridgehead atoms. The van der Waals surface area contributed by atoms with E-state index in [-0.39, 0.29) is 12.1 Å². The van der Waals surface area contributed by atoms with Gasteiger partial charge in [0, 0.05) is 6.92 Å². The second-order valence-corrected chi connectivity index (χ2v) is 3.82. The van der Waals surface area contributed by atoms with Crippen LogP contribution >= 0.6 is 0 Å². The van der Waals surface area contributed by atoms with E-state index in [0.717, 1.165) is 5.56 Å². The summed E-state index contributed by atoms with van der Waals surface area (Å²) in [5.74, 6) is -0.269. The highest BCUT2D eigenvalue weighted by atomic mass is 16.5. The predicted octanol–water partition coefficient (Wildman–Crippen LogP) is 1.61. The van der Waals surface area contributed by atoms with Crippen molar-refractivity contribution >= 4 is 5.97 Å². The Labute approximate surface area is 99.9 Å². The van der Waals surface area contributed by atoms with Crippen LogP contribution in [0, 0.1) is 0 Å². The average Bonchev–Trinajstić information content (AvgIpc) is 2.82. The van der Waals surface area contributed by atoms with Crippen LogP contribution in [0.3, 0.4) is 0 Å². The number of carbonyl (C=O) groups excluding carboxylic acids is 1. The third-order valence-electron chi connectivity index (χ3n) is 2.46. The van der Waals surface area contributed by atoms with Gasteiger partial charge in [0.2, 0.25) is 6.33 Å². The third kappa shape index (κ3) is 3.17. The van der Waals surface area contributed by atoms with E-state index in [2.05, 4.69) is 4.98 Å². The van der Waals surface area contributed by atoms with Crippen molar-refractivity contribution in [2.45, 2.75) is 19.6 Å². The van der Waals surface area contributed by atoms with Gasteiger partial charge in [-0.15, -0.1) is 0 Å². The van der Waals surface area contributed by atoms with E-state index in [0.29, 0.717) is 6.54 Å². The Balaban J connectivity index is 2.16. The lowest BCUT2D eigenvalue weighted by Gasteiger charge is -2.15. The van der Waals surface area contributed by atoms with Gasteiger partial charge in [0.05, 0.1) is 0 Å². The molecule has 2 rings (SSSR count). The largest absolute Gasteiger partial charge is 0.453 e. The number of hydrogen-bond donors (Lipinski definition) is 1. The lowest BCUT2D eigenvalue weighted by molar-refractivity contribution is -0.703. The zero-order chi connectivity index (χ0) is 12.1. The molecule has 0 saturated carbocycles. The number of imidazole rings is 1. The smallest absolute Gasteiger partial charge is 0.303 e. The fourth-order valence-electron chi connectivity index (χ4n) is 1.70. The average molecular weight is 231 g/mol. The molecule has 0 saturated heterocycles. The maximum absolute atomic E-state index is 11.1. The SMILES string of the molecule is CC(=O)OC(C[n+]1cc[nH]c1)c1ccccc1. The third-order valence-corrected chi connectivity index (χ3v) is 2.46. The molecule has 0 amide bonds.